The molecule has 1 saturated carbocycles. The highest BCUT2D eigenvalue weighted by molar-refractivity contribution is 6.17. The number of nitrogens with zero attached hydrogens (tertiary/aromatic N) is 2. The predicted molar refractivity (Wildman–Crippen MR) is 77.9 cm³/mol. The highest BCUT2D eigenvalue weighted by Gasteiger charge is 2.33. The molecule has 0 saturated heterocycles. The SMILES string of the molecule is CC(C)CN(c1ccc(CCl)cc1[N+](=O)[O-])C1CC1. The molecule has 0 aromatic heterocycles. The van der Waals surface area contributed by atoms with E-state index in [2.05, 4.69) is 18.7 Å². The summed E-state index contributed by atoms with van der Waals surface area (Å²) in [6.07, 6.45) is 2.25. The van der Waals surface area contributed by atoms with Gasteiger partial charge in [0, 0.05) is 24.5 Å². The summed E-state index contributed by atoms with van der Waals surface area (Å²) in [7, 11) is 0. The Hall–Kier alpha value is -1.29. The van der Waals surface area contributed by atoms with Crippen LogP contribution in [0.3, 0.4) is 0 Å². The van der Waals surface area contributed by atoms with Crippen LogP contribution in [0.25, 0.3) is 0 Å². The van der Waals surface area contributed by atoms with Crippen LogP contribution in [0, 0.1) is 16.0 Å². The van der Waals surface area contributed by atoms with E-state index in [9.17, 15) is 10.1 Å². The molecule has 2 rings (SSSR count). The maximum atomic E-state index is 11.3. The molecule has 1 aromatic rings. The van der Waals surface area contributed by atoms with Crippen molar-refractivity contribution in [3.05, 3.63) is 33.9 Å². The van der Waals surface area contributed by atoms with Crippen molar-refractivity contribution in [2.75, 3.05) is 11.4 Å². The molecule has 104 valence electrons. The molecule has 19 heavy (non-hydrogen) atoms. The van der Waals surface area contributed by atoms with E-state index in [0.717, 1.165) is 30.6 Å². The standard InChI is InChI=1S/C14H19ClN2O2/c1-10(2)9-16(12-4-5-12)13-6-3-11(8-15)7-14(13)17(18)19/h3,6-7,10,12H,4-5,8-9H2,1-2H3. The normalized spacial score (nSPS) is 14.7. The van der Waals surface area contributed by atoms with Gasteiger partial charge in [0.25, 0.3) is 5.69 Å². The lowest BCUT2D eigenvalue weighted by Crippen LogP contribution is -2.30. The topological polar surface area (TPSA) is 46.4 Å². The molecule has 0 atom stereocenters. The molecule has 4 nitrogen and oxygen atoms in total. The zero-order chi connectivity index (χ0) is 14.0. The van der Waals surface area contributed by atoms with E-state index >= 15 is 0 Å². The zero-order valence-electron chi connectivity index (χ0n) is 11.3. The van der Waals surface area contributed by atoms with E-state index in [1.807, 2.05) is 12.1 Å². The van der Waals surface area contributed by atoms with Crippen LogP contribution < -0.4 is 4.90 Å². The van der Waals surface area contributed by atoms with Crippen molar-refractivity contribution in [1.29, 1.82) is 0 Å². The third-order valence-electron chi connectivity index (χ3n) is 3.25. The largest absolute Gasteiger partial charge is 0.363 e. The fraction of sp³-hybridized carbons (Fsp3) is 0.571. The lowest BCUT2D eigenvalue weighted by molar-refractivity contribution is -0.384. The van der Waals surface area contributed by atoms with Crippen LogP contribution in [-0.2, 0) is 5.88 Å². The summed E-state index contributed by atoms with van der Waals surface area (Å²) in [5, 5.41) is 11.3. The maximum Gasteiger partial charge on any atom is 0.292 e. The molecule has 0 amide bonds. The summed E-state index contributed by atoms with van der Waals surface area (Å²) in [6.45, 7) is 5.12. The molecular formula is C14H19ClN2O2. The molecule has 0 heterocycles. The van der Waals surface area contributed by atoms with Gasteiger partial charge < -0.3 is 4.90 Å². The third kappa shape index (κ3) is 3.38. The van der Waals surface area contributed by atoms with Crippen molar-refractivity contribution < 1.29 is 4.92 Å². The number of anilines is 1. The predicted octanol–water partition coefficient (Wildman–Crippen LogP) is 3.96. The van der Waals surface area contributed by atoms with Crippen LogP contribution in [0.4, 0.5) is 11.4 Å². The first-order valence-electron chi connectivity index (χ1n) is 6.63. The Morgan fingerprint density at radius 2 is 2.16 bits per heavy atom. The number of halogens is 1. The highest BCUT2D eigenvalue weighted by atomic mass is 35.5. The van der Waals surface area contributed by atoms with E-state index in [1.165, 1.54) is 0 Å². The van der Waals surface area contributed by atoms with Crippen molar-refractivity contribution in [3.63, 3.8) is 0 Å². The molecule has 5 heteroatoms. The Balaban J connectivity index is 2.37. The Labute approximate surface area is 118 Å². The Morgan fingerprint density at radius 1 is 1.47 bits per heavy atom. The first-order chi connectivity index (χ1) is 9.02. The summed E-state index contributed by atoms with van der Waals surface area (Å²) in [6, 6.07) is 5.78. The molecule has 0 aliphatic heterocycles. The highest BCUT2D eigenvalue weighted by Crippen LogP contribution is 2.38. The quantitative estimate of drug-likeness (QED) is 0.451. The smallest absolute Gasteiger partial charge is 0.292 e. The van der Waals surface area contributed by atoms with E-state index < -0.39 is 0 Å². The number of hydrogen-bond acceptors (Lipinski definition) is 3. The number of rotatable bonds is 6. The number of alkyl halides is 1. The van der Waals surface area contributed by atoms with Gasteiger partial charge >= 0.3 is 0 Å². The van der Waals surface area contributed by atoms with Crippen LogP contribution >= 0.6 is 11.6 Å². The van der Waals surface area contributed by atoms with Crippen molar-refractivity contribution in [2.45, 2.75) is 38.6 Å². The van der Waals surface area contributed by atoms with E-state index in [4.69, 9.17) is 11.6 Å². The minimum atomic E-state index is -0.304. The minimum absolute atomic E-state index is 0.172. The maximum absolute atomic E-state index is 11.3. The molecular weight excluding hydrogens is 264 g/mol. The van der Waals surface area contributed by atoms with Crippen LogP contribution in [0.2, 0.25) is 0 Å². The lowest BCUT2D eigenvalue weighted by Gasteiger charge is -2.26. The summed E-state index contributed by atoms with van der Waals surface area (Å²) in [5.41, 5.74) is 1.69. The fourth-order valence-corrected chi connectivity index (χ4v) is 2.43. The van der Waals surface area contributed by atoms with Crippen molar-refractivity contribution in [3.8, 4) is 0 Å². The molecule has 0 bridgehead atoms. The summed E-state index contributed by atoms with van der Waals surface area (Å²) in [5.74, 6) is 0.780. The van der Waals surface area contributed by atoms with Gasteiger partial charge in [-0.3, -0.25) is 10.1 Å². The van der Waals surface area contributed by atoms with Crippen LogP contribution in [0.15, 0.2) is 18.2 Å². The van der Waals surface area contributed by atoms with Gasteiger partial charge in [-0.05, 0) is 30.4 Å². The van der Waals surface area contributed by atoms with Crippen molar-refractivity contribution in [2.24, 2.45) is 5.92 Å². The van der Waals surface area contributed by atoms with Crippen molar-refractivity contribution >= 4 is 23.0 Å². The first kappa shape index (κ1) is 14.1. The second-order valence-electron chi connectivity index (χ2n) is 5.49. The summed E-state index contributed by atoms with van der Waals surface area (Å²) in [4.78, 5) is 13.1. The lowest BCUT2D eigenvalue weighted by atomic mass is 10.1. The minimum Gasteiger partial charge on any atom is -0.363 e. The van der Waals surface area contributed by atoms with Crippen molar-refractivity contribution in [1.82, 2.24) is 0 Å². The summed E-state index contributed by atoms with van der Waals surface area (Å²) >= 11 is 5.76. The Kier molecular flexibility index (Phi) is 4.30. The fourth-order valence-electron chi connectivity index (χ4n) is 2.26. The average molecular weight is 283 g/mol. The molecule has 0 N–H and O–H groups in total. The van der Waals surface area contributed by atoms with Gasteiger partial charge in [-0.2, -0.15) is 0 Å². The number of hydrogen-bond donors (Lipinski definition) is 0. The van der Waals surface area contributed by atoms with E-state index in [0.29, 0.717) is 17.8 Å². The van der Waals surface area contributed by atoms with Gasteiger partial charge in [0.1, 0.15) is 5.69 Å². The van der Waals surface area contributed by atoms with Gasteiger partial charge in [0.05, 0.1) is 4.92 Å². The monoisotopic (exact) mass is 282 g/mol. The molecule has 1 aliphatic rings. The molecule has 0 spiro atoms. The van der Waals surface area contributed by atoms with E-state index in [1.54, 1.807) is 6.07 Å². The third-order valence-corrected chi connectivity index (χ3v) is 3.56. The second kappa shape index (κ2) is 5.78. The average Bonchev–Trinajstić information content (AvgIpc) is 3.19. The van der Waals surface area contributed by atoms with Crippen LogP contribution in [-0.4, -0.2) is 17.5 Å². The Morgan fingerprint density at radius 3 is 2.63 bits per heavy atom. The van der Waals surface area contributed by atoms with Gasteiger partial charge in [0.2, 0.25) is 0 Å². The second-order valence-corrected chi connectivity index (χ2v) is 5.76. The molecule has 0 unspecified atom stereocenters. The Bertz CT molecular complexity index is 473. The van der Waals surface area contributed by atoms with Gasteiger partial charge in [-0.15, -0.1) is 11.6 Å². The summed E-state index contributed by atoms with van der Waals surface area (Å²) < 4.78 is 0. The zero-order valence-corrected chi connectivity index (χ0v) is 12.1. The molecule has 1 fully saturated rings. The van der Waals surface area contributed by atoms with Crippen LogP contribution in [0.1, 0.15) is 32.3 Å². The molecule has 1 aliphatic carbocycles. The first-order valence-corrected chi connectivity index (χ1v) is 7.16. The number of nitro benzene ring substituents is 1. The van der Waals surface area contributed by atoms with Crippen LogP contribution in [0.5, 0.6) is 0 Å². The van der Waals surface area contributed by atoms with Gasteiger partial charge in [-0.1, -0.05) is 19.9 Å². The van der Waals surface area contributed by atoms with E-state index in [-0.39, 0.29) is 10.6 Å². The molecule has 1 aromatic carbocycles. The molecule has 0 radical (unpaired) electrons. The van der Waals surface area contributed by atoms with Gasteiger partial charge in [0.15, 0.2) is 0 Å². The number of benzene rings is 1. The number of nitro groups is 1. The van der Waals surface area contributed by atoms with Gasteiger partial charge in [-0.25, -0.2) is 0 Å².